The number of hydrogen-bond acceptors (Lipinski definition) is 5. The minimum Gasteiger partial charge on any atom is -0.345 e. The van der Waals surface area contributed by atoms with E-state index in [0.717, 1.165) is 55.0 Å². The van der Waals surface area contributed by atoms with Crippen molar-refractivity contribution in [2.24, 2.45) is 10.3 Å². The quantitative estimate of drug-likeness (QED) is 0.715. The molecule has 0 bridgehead atoms. The van der Waals surface area contributed by atoms with Gasteiger partial charge in [0.05, 0.1) is 28.7 Å². The minimum absolute atomic E-state index is 0.129. The number of hydrogen-bond donors (Lipinski definition) is 1. The predicted octanol–water partition coefficient (Wildman–Crippen LogP) is 1.60. The number of aromatic amines is 1. The molecule has 1 saturated heterocycles. The lowest BCUT2D eigenvalue weighted by Crippen LogP contribution is -2.22. The maximum Gasteiger partial charge on any atom is 0.255 e. The van der Waals surface area contributed by atoms with Crippen molar-refractivity contribution in [3.05, 3.63) is 24.7 Å². The van der Waals surface area contributed by atoms with Gasteiger partial charge in [-0.3, -0.25) is 4.40 Å². The summed E-state index contributed by atoms with van der Waals surface area (Å²) in [5.74, 6) is 0.993. The molecule has 2 fully saturated rings. The third-order valence-electron chi connectivity index (χ3n) is 4.91. The van der Waals surface area contributed by atoms with Crippen LogP contribution in [0.15, 0.2) is 29.1 Å². The van der Waals surface area contributed by atoms with Crippen molar-refractivity contribution in [2.75, 3.05) is 18.0 Å². The van der Waals surface area contributed by atoms with Crippen molar-refractivity contribution in [3.63, 3.8) is 0 Å². The van der Waals surface area contributed by atoms with Crippen LogP contribution in [0.3, 0.4) is 0 Å². The molecule has 0 spiro atoms. The highest BCUT2D eigenvalue weighted by Crippen LogP contribution is 2.30. The SMILES string of the molecule is O=S(=O)(/N=C\C1CCN(c2ncc3cnc4[nH]ccc4n23)C1)C1CC1. The van der Waals surface area contributed by atoms with Gasteiger partial charge in [0.2, 0.25) is 5.95 Å². The Balaban J connectivity index is 1.42. The fourth-order valence-corrected chi connectivity index (χ4v) is 4.64. The van der Waals surface area contributed by atoms with Crippen LogP contribution < -0.4 is 4.90 Å². The molecule has 1 aliphatic carbocycles. The zero-order chi connectivity index (χ0) is 17.0. The smallest absolute Gasteiger partial charge is 0.255 e. The molecule has 1 aliphatic heterocycles. The zero-order valence-corrected chi connectivity index (χ0v) is 14.4. The first kappa shape index (κ1) is 14.9. The third-order valence-corrected chi connectivity index (χ3v) is 6.64. The van der Waals surface area contributed by atoms with Gasteiger partial charge >= 0.3 is 0 Å². The molecule has 1 N–H and O–H groups in total. The standard InChI is InChI=1S/C16H18N6O2S/c23-25(24,13-1-2-13)20-7-11-4-6-21(10-11)16-19-9-12-8-18-15-14(22(12)16)3-5-17-15/h3,5,7-9,11,13,17H,1-2,4,6,10H2/b20-7-. The molecular weight excluding hydrogens is 340 g/mol. The van der Waals surface area contributed by atoms with E-state index >= 15 is 0 Å². The lowest BCUT2D eigenvalue weighted by Gasteiger charge is -2.16. The van der Waals surface area contributed by atoms with Gasteiger partial charge in [0.15, 0.2) is 5.65 Å². The summed E-state index contributed by atoms with van der Waals surface area (Å²) in [5.41, 5.74) is 2.74. The Labute approximate surface area is 144 Å². The number of nitrogens with zero attached hydrogens (tertiary/aromatic N) is 5. The Morgan fingerprint density at radius 1 is 1.24 bits per heavy atom. The number of H-pyrrole nitrogens is 1. The van der Waals surface area contributed by atoms with Crippen molar-refractivity contribution in [2.45, 2.75) is 24.5 Å². The molecule has 3 aromatic rings. The number of nitrogens with one attached hydrogen (secondary N) is 1. The number of aromatic nitrogens is 4. The number of sulfonamides is 1. The summed E-state index contributed by atoms with van der Waals surface area (Å²) in [5, 5.41) is -0.244. The van der Waals surface area contributed by atoms with E-state index in [2.05, 4.69) is 28.7 Å². The molecule has 0 aromatic carbocycles. The average Bonchev–Trinajstić information content (AvgIpc) is 3.03. The molecule has 9 heteroatoms. The highest BCUT2D eigenvalue weighted by Gasteiger charge is 2.35. The van der Waals surface area contributed by atoms with E-state index < -0.39 is 10.0 Å². The topological polar surface area (TPSA) is 95.7 Å². The van der Waals surface area contributed by atoms with Crippen molar-refractivity contribution in [1.29, 1.82) is 0 Å². The van der Waals surface area contributed by atoms with Gasteiger partial charge in [-0.2, -0.15) is 4.40 Å². The van der Waals surface area contributed by atoms with Crippen LogP contribution in [0.2, 0.25) is 0 Å². The Hall–Kier alpha value is -2.42. The largest absolute Gasteiger partial charge is 0.345 e. The van der Waals surface area contributed by atoms with Gasteiger partial charge < -0.3 is 9.88 Å². The van der Waals surface area contributed by atoms with Crippen molar-refractivity contribution in [1.82, 2.24) is 19.4 Å². The number of imidazole rings is 1. The summed E-state index contributed by atoms with van der Waals surface area (Å²) < 4.78 is 29.8. The molecule has 25 heavy (non-hydrogen) atoms. The van der Waals surface area contributed by atoms with Gasteiger partial charge in [0.1, 0.15) is 0 Å². The van der Waals surface area contributed by atoms with Gasteiger partial charge in [-0.15, -0.1) is 0 Å². The Bertz CT molecular complexity index is 1080. The second-order valence-corrected chi connectivity index (χ2v) is 8.66. The normalized spacial score (nSPS) is 21.9. The number of rotatable bonds is 4. The predicted molar refractivity (Wildman–Crippen MR) is 95.6 cm³/mol. The first-order valence-corrected chi connectivity index (χ1v) is 9.96. The lowest BCUT2D eigenvalue weighted by molar-refractivity contribution is 0.596. The average molecular weight is 358 g/mol. The summed E-state index contributed by atoms with van der Waals surface area (Å²) in [4.78, 5) is 14.2. The zero-order valence-electron chi connectivity index (χ0n) is 13.5. The summed E-state index contributed by atoms with van der Waals surface area (Å²) >= 11 is 0. The van der Waals surface area contributed by atoms with Crippen molar-refractivity contribution < 1.29 is 8.42 Å². The van der Waals surface area contributed by atoms with E-state index in [1.807, 2.05) is 18.5 Å². The van der Waals surface area contributed by atoms with Gasteiger partial charge in [0.25, 0.3) is 10.0 Å². The highest BCUT2D eigenvalue weighted by molar-refractivity contribution is 7.91. The molecule has 1 unspecified atom stereocenters. The maximum atomic E-state index is 11.9. The van der Waals surface area contributed by atoms with E-state index in [0.29, 0.717) is 0 Å². The monoisotopic (exact) mass is 358 g/mol. The van der Waals surface area contributed by atoms with Crippen LogP contribution in [0.25, 0.3) is 16.7 Å². The third kappa shape index (κ3) is 2.50. The maximum absolute atomic E-state index is 11.9. The minimum atomic E-state index is -3.28. The van der Waals surface area contributed by atoms with Crippen LogP contribution in [0, 0.1) is 5.92 Å². The van der Waals surface area contributed by atoms with Gasteiger partial charge in [-0.1, -0.05) is 0 Å². The molecule has 3 aromatic heterocycles. The van der Waals surface area contributed by atoms with Crippen LogP contribution in [0.4, 0.5) is 5.95 Å². The Morgan fingerprint density at radius 3 is 2.92 bits per heavy atom. The second-order valence-electron chi connectivity index (χ2n) is 6.75. The van der Waals surface area contributed by atoms with Gasteiger partial charge in [-0.05, 0) is 25.3 Å². The molecule has 0 radical (unpaired) electrons. The molecule has 2 aliphatic rings. The van der Waals surface area contributed by atoms with E-state index in [1.54, 1.807) is 12.4 Å². The van der Waals surface area contributed by atoms with E-state index in [-0.39, 0.29) is 11.2 Å². The summed E-state index contributed by atoms with van der Waals surface area (Å²) in [6, 6.07) is 1.98. The Kier molecular flexibility index (Phi) is 3.15. The summed E-state index contributed by atoms with van der Waals surface area (Å²) in [6.45, 7) is 1.55. The van der Waals surface area contributed by atoms with Crippen molar-refractivity contribution in [3.8, 4) is 0 Å². The van der Waals surface area contributed by atoms with Crippen LogP contribution in [-0.2, 0) is 10.0 Å². The van der Waals surface area contributed by atoms with Crippen molar-refractivity contribution >= 4 is 38.9 Å². The fraction of sp³-hybridized carbons (Fsp3) is 0.438. The van der Waals surface area contributed by atoms with Gasteiger partial charge in [-0.25, -0.2) is 18.4 Å². The van der Waals surface area contributed by atoms with Crippen LogP contribution >= 0.6 is 0 Å². The van der Waals surface area contributed by atoms with Crippen LogP contribution in [0.1, 0.15) is 19.3 Å². The van der Waals surface area contributed by atoms with Gasteiger partial charge in [0, 0.05) is 31.4 Å². The fourth-order valence-electron chi connectivity index (χ4n) is 3.40. The summed E-state index contributed by atoms with van der Waals surface area (Å²) in [6.07, 6.45) is 9.47. The first-order valence-electron chi connectivity index (χ1n) is 8.45. The molecule has 1 saturated carbocycles. The molecule has 130 valence electrons. The van der Waals surface area contributed by atoms with E-state index in [4.69, 9.17) is 0 Å². The van der Waals surface area contributed by atoms with Crippen LogP contribution in [-0.4, -0.2) is 52.3 Å². The molecule has 0 amide bonds. The lowest BCUT2D eigenvalue weighted by atomic mass is 10.1. The molecule has 8 nitrogen and oxygen atoms in total. The van der Waals surface area contributed by atoms with E-state index in [9.17, 15) is 8.42 Å². The van der Waals surface area contributed by atoms with E-state index in [1.165, 1.54) is 0 Å². The number of fused-ring (bicyclic) bond motifs is 3. The molecule has 5 rings (SSSR count). The van der Waals surface area contributed by atoms with Crippen LogP contribution in [0.5, 0.6) is 0 Å². The molecule has 1 atom stereocenters. The highest BCUT2D eigenvalue weighted by atomic mass is 32.2. The number of anilines is 1. The first-order chi connectivity index (χ1) is 12.1. The molecule has 4 heterocycles. The molecular formula is C16H18N6O2S. The summed E-state index contributed by atoms with van der Waals surface area (Å²) in [7, 11) is -3.28. The Morgan fingerprint density at radius 2 is 2.08 bits per heavy atom. The second kappa shape index (κ2) is 5.29.